The Morgan fingerprint density at radius 1 is 0.647 bits per heavy atom. The summed E-state index contributed by atoms with van der Waals surface area (Å²) in [6.45, 7) is 15.5. The molecule has 2 aliphatic rings. The van der Waals surface area contributed by atoms with Gasteiger partial charge in [0.2, 0.25) is 0 Å². The molecule has 51 heavy (non-hydrogen) atoms. The van der Waals surface area contributed by atoms with E-state index < -0.39 is 0 Å². The minimum Gasteiger partial charge on any atom is -0.0565 e. The van der Waals surface area contributed by atoms with Crippen molar-refractivity contribution in [2.24, 2.45) is 0 Å². The number of fused-ring (bicyclic) bond motifs is 3. The molecule has 2 aromatic heterocycles. The number of nitrogens with zero attached hydrogens (tertiary/aromatic N) is 5. The summed E-state index contributed by atoms with van der Waals surface area (Å²) in [5.41, 5.74) is 7.68. The summed E-state index contributed by atoms with van der Waals surface area (Å²) in [5.74, 6) is 2.92. The van der Waals surface area contributed by atoms with Gasteiger partial charge in [-0.05, 0) is 23.1 Å². The monoisotopic (exact) mass is 915 g/mol. The van der Waals surface area contributed by atoms with Gasteiger partial charge in [-0.1, -0.05) is 39.0 Å². The van der Waals surface area contributed by atoms with Crippen LogP contribution in [0, 0.1) is 18.8 Å². The van der Waals surface area contributed by atoms with E-state index in [2.05, 4.69) is 154 Å². The molecule has 8 rings (SSSR count). The van der Waals surface area contributed by atoms with Crippen LogP contribution in [-0.4, -0.2) is 24.9 Å². The predicted molar refractivity (Wildman–Crippen MR) is 205 cm³/mol. The summed E-state index contributed by atoms with van der Waals surface area (Å²) < 4.78 is 8.92. The topological polar surface area (TPSA) is 44.7 Å². The minimum absolute atomic E-state index is 0. The first kappa shape index (κ1) is 35.0. The van der Waals surface area contributed by atoms with Gasteiger partial charge in [-0.2, -0.15) is 0 Å². The van der Waals surface area contributed by atoms with Crippen LogP contribution < -0.4 is 28.4 Å². The standard InChI is InChI=1S/C43H38N5OSe.Pt/c1-42(2,3)29-16-18-31(19-17-29)46-28-47(36-14-8-7-13-35(36)46)32-11-9-12-33(26-32)49-34-20-21-38-37(27-34)48(41-39(50-38)15-10-23-45-41)40-25-30(22-24-44-40)43(4,5)6;/h7-25,28H,1-6H3;/q-3;. The SMILES string of the molecule is CC(C)(C)c1ccc(N2[CH-]N(c3[c-]c(Oc4[c-]c5c(cc4)[Se]c4cccnc4N5c4cc(C(C)(C)C)ccn4)ccc3)c3ccccc32)cc1.[Pt]. The Bertz CT molecular complexity index is 2210. The Labute approximate surface area is 321 Å². The normalized spacial score (nSPS) is 13.6. The van der Waals surface area contributed by atoms with Gasteiger partial charge in [-0.25, -0.2) is 0 Å². The van der Waals surface area contributed by atoms with Gasteiger partial charge in [0.15, 0.2) is 0 Å². The molecule has 0 spiro atoms. The number of pyridine rings is 2. The van der Waals surface area contributed by atoms with Crippen molar-refractivity contribution in [1.82, 2.24) is 9.97 Å². The predicted octanol–water partition coefficient (Wildman–Crippen LogP) is 9.31. The van der Waals surface area contributed by atoms with E-state index in [0.29, 0.717) is 11.5 Å². The van der Waals surface area contributed by atoms with Gasteiger partial charge < -0.3 is 0 Å². The molecule has 2 aliphatic heterocycles. The van der Waals surface area contributed by atoms with Crippen LogP contribution >= 0.6 is 0 Å². The Balaban J connectivity index is 0.00000406. The third kappa shape index (κ3) is 6.83. The molecule has 0 N–H and O–H groups in total. The molecule has 260 valence electrons. The first-order valence-electron chi connectivity index (χ1n) is 16.8. The largest absolute Gasteiger partial charge is 0.0565 e. The molecule has 0 amide bonds. The van der Waals surface area contributed by atoms with E-state index in [1.54, 1.807) is 0 Å². The van der Waals surface area contributed by atoms with Gasteiger partial charge in [0.1, 0.15) is 0 Å². The summed E-state index contributed by atoms with van der Waals surface area (Å²) in [5, 5.41) is 0. The van der Waals surface area contributed by atoms with E-state index in [1.165, 1.54) is 20.1 Å². The van der Waals surface area contributed by atoms with Crippen LogP contribution in [0.4, 0.5) is 40.1 Å². The third-order valence-corrected chi connectivity index (χ3v) is 11.3. The van der Waals surface area contributed by atoms with Gasteiger partial charge in [-0.15, -0.1) is 0 Å². The van der Waals surface area contributed by atoms with E-state index in [1.807, 2.05) is 36.7 Å². The fourth-order valence-electron chi connectivity index (χ4n) is 6.23. The van der Waals surface area contributed by atoms with Crippen LogP contribution in [0.25, 0.3) is 0 Å². The maximum atomic E-state index is 6.51. The summed E-state index contributed by atoms with van der Waals surface area (Å²) in [4.78, 5) is 16.2. The van der Waals surface area contributed by atoms with Gasteiger partial charge >= 0.3 is 241 Å². The van der Waals surface area contributed by atoms with Crippen molar-refractivity contribution >= 4 is 64.0 Å². The molecule has 0 radical (unpaired) electrons. The number of rotatable bonds is 5. The fourth-order valence-corrected chi connectivity index (χ4v) is 8.31. The summed E-state index contributed by atoms with van der Waals surface area (Å²) in [7, 11) is 0. The molecule has 0 unspecified atom stereocenters. The molecule has 0 fully saturated rings. The molecular formula is C43H38N5OPtSe-3. The third-order valence-electron chi connectivity index (χ3n) is 8.98. The quantitative estimate of drug-likeness (QED) is 0.127. The molecule has 4 heterocycles. The molecule has 4 aromatic carbocycles. The first-order valence-corrected chi connectivity index (χ1v) is 18.5. The number of anilines is 7. The maximum absolute atomic E-state index is 6.51. The number of hydrogen-bond donors (Lipinski definition) is 0. The van der Waals surface area contributed by atoms with Crippen LogP contribution in [0.15, 0.2) is 116 Å². The fraction of sp³-hybridized carbons (Fsp3) is 0.186. The number of ether oxygens (including phenoxy) is 1. The van der Waals surface area contributed by atoms with Gasteiger partial charge in [0.25, 0.3) is 0 Å². The average Bonchev–Trinajstić information content (AvgIpc) is 3.50. The van der Waals surface area contributed by atoms with Crippen molar-refractivity contribution in [2.45, 2.75) is 52.4 Å². The van der Waals surface area contributed by atoms with Crippen molar-refractivity contribution < 1.29 is 25.8 Å². The van der Waals surface area contributed by atoms with Crippen LogP contribution in [0.3, 0.4) is 0 Å². The second kappa shape index (κ2) is 13.6. The van der Waals surface area contributed by atoms with Crippen LogP contribution in [-0.2, 0) is 31.9 Å². The second-order valence-corrected chi connectivity index (χ2v) is 16.9. The second-order valence-electron chi connectivity index (χ2n) is 14.6. The smallest absolute Gasteiger partial charge is 0 e. The Kier molecular flexibility index (Phi) is 9.35. The number of para-hydroxylation sites is 2. The van der Waals surface area contributed by atoms with Gasteiger partial charge in [0.05, 0.1) is 0 Å². The number of aromatic nitrogens is 2. The van der Waals surface area contributed by atoms with E-state index in [0.717, 1.165) is 40.1 Å². The minimum atomic E-state index is -0.0239. The molecule has 0 atom stereocenters. The Morgan fingerprint density at radius 3 is 2.12 bits per heavy atom. The molecule has 8 heteroatoms. The molecule has 0 saturated heterocycles. The van der Waals surface area contributed by atoms with Crippen molar-refractivity contribution in [2.75, 3.05) is 14.7 Å². The molecule has 0 bridgehead atoms. The zero-order valence-electron chi connectivity index (χ0n) is 29.4. The zero-order valence-corrected chi connectivity index (χ0v) is 33.4. The summed E-state index contributed by atoms with van der Waals surface area (Å²) >= 11 is 0.0655. The van der Waals surface area contributed by atoms with E-state index in [4.69, 9.17) is 14.7 Å². The average molecular weight is 915 g/mol. The number of hydrogen-bond acceptors (Lipinski definition) is 6. The molecule has 6 nitrogen and oxygen atoms in total. The maximum Gasteiger partial charge on any atom is 0 e. The van der Waals surface area contributed by atoms with Crippen molar-refractivity contribution in [3.05, 3.63) is 145 Å². The summed E-state index contributed by atoms with van der Waals surface area (Å²) in [6.07, 6.45) is 3.73. The van der Waals surface area contributed by atoms with Crippen LogP contribution in [0.2, 0.25) is 0 Å². The van der Waals surface area contributed by atoms with E-state index in [9.17, 15) is 0 Å². The van der Waals surface area contributed by atoms with Crippen molar-refractivity contribution in [3.8, 4) is 11.5 Å². The first-order chi connectivity index (χ1) is 24.0. The van der Waals surface area contributed by atoms with Gasteiger partial charge in [-0.3, -0.25) is 0 Å². The van der Waals surface area contributed by atoms with Crippen LogP contribution in [0.5, 0.6) is 11.5 Å². The summed E-state index contributed by atoms with van der Waals surface area (Å²) in [6, 6.07) is 43.0. The van der Waals surface area contributed by atoms with Crippen molar-refractivity contribution in [1.29, 1.82) is 0 Å². The van der Waals surface area contributed by atoms with E-state index >= 15 is 0 Å². The Hall–Kier alpha value is -4.41. The Morgan fingerprint density at radius 2 is 1.37 bits per heavy atom. The molecule has 0 aliphatic carbocycles. The van der Waals surface area contributed by atoms with Crippen molar-refractivity contribution in [3.63, 3.8) is 0 Å². The number of benzene rings is 4. The zero-order chi connectivity index (χ0) is 34.6. The molecular weight excluding hydrogens is 877 g/mol. The molecule has 0 saturated carbocycles. The van der Waals surface area contributed by atoms with E-state index in [-0.39, 0.29) is 46.9 Å². The van der Waals surface area contributed by atoms with Crippen LogP contribution in [0.1, 0.15) is 52.7 Å². The molecule has 6 aromatic rings. The van der Waals surface area contributed by atoms with Gasteiger partial charge in [0, 0.05) is 21.1 Å².